The summed E-state index contributed by atoms with van der Waals surface area (Å²) in [5.41, 5.74) is 5.38. The third kappa shape index (κ3) is 3.66. The average molecular weight is 198 g/mol. The van der Waals surface area contributed by atoms with Crippen LogP contribution in [0.4, 0.5) is 0 Å². The first-order valence-corrected chi connectivity index (χ1v) is 5.68. The fourth-order valence-corrected chi connectivity index (χ4v) is 1.78. The highest BCUT2D eigenvalue weighted by atomic mass is 16.2. The molecule has 1 aliphatic rings. The van der Waals surface area contributed by atoms with E-state index in [1.54, 1.807) is 0 Å². The second-order valence-electron chi connectivity index (χ2n) is 4.32. The Bertz CT molecular complexity index is 178. The molecule has 3 heteroatoms. The zero-order valence-electron chi connectivity index (χ0n) is 9.17. The monoisotopic (exact) mass is 198 g/mol. The van der Waals surface area contributed by atoms with E-state index in [1.165, 1.54) is 19.3 Å². The molecule has 0 atom stereocenters. The number of hydrogen-bond acceptors (Lipinski definition) is 2. The first kappa shape index (κ1) is 11.5. The van der Waals surface area contributed by atoms with Crippen LogP contribution < -0.4 is 5.73 Å². The molecule has 0 aromatic carbocycles. The Hall–Kier alpha value is -0.570. The van der Waals surface area contributed by atoms with Gasteiger partial charge in [-0.1, -0.05) is 6.42 Å². The Morgan fingerprint density at radius 3 is 2.64 bits per heavy atom. The summed E-state index contributed by atoms with van der Waals surface area (Å²) < 4.78 is 0. The van der Waals surface area contributed by atoms with Crippen molar-refractivity contribution >= 4 is 5.91 Å². The lowest BCUT2D eigenvalue weighted by Crippen LogP contribution is -2.34. The van der Waals surface area contributed by atoms with Crippen LogP contribution in [0.15, 0.2) is 0 Å². The summed E-state index contributed by atoms with van der Waals surface area (Å²) in [5, 5.41) is 0. The van der Waals surface area contributed by atoms with Gasteiger partial charge < -0.3 is 10.6 Å². The van der Waals surface area contributed by atoms with Crippen LogP contribution in [0.25, 0.3) is 0 Å². The second-order valence-corrected chi connectivity index (χ2v) is 4.32. The lowest BCUT2D eigenvalue weighted by molar-refractivity contribution is -0.130. The molecule has 1 fully saturated rings. The number of nitrogens with zero attached hydrogens (tertiary/aromatic N) is 1. The van der Waals surface area contributed by atoms with E-state index in [4.69, 9.17) is 5.73 Å². The van der Waals surface area contributed by atoms with Gasteiger partial charge in [-0.3, -0.25) is 4.79 Å². The standard InChI is InChI=1S/C11H22N2O/c1-13(9-10-5-4-6-10)11(14)7-2-3-8-12/h10H,2-9,12H2,1H3. The Morgan fingerprint density at radius 1 is 1.43 bits per heavy atom. The smallest absolute Gasteiger partial charge is 0.222 e. The third-order valence-corrected chi connectivity index (χ3v) is 3.03. The maximum Gasteiger partial charge on any atom is 0.222 e. The maximum absolute atomic E-state index is 11.6. The van der Waals surface area contributed by atoms with Gasteiger partial charge in [0.05, 0.1) is 0 Å². The lowest BCUT2D eigenvalue weighted by Gasteiger charge is -2.30. The molecule has 0 bridgehead atoms. The van der Waals surface area contributed by atoms with E-state index < -0.39 is 0 Å². The predicted octanol–water partition coefficient (Wildman–Crippen LogP) is 1.37. The van der Waals surface area contributed by atoms with E-state index in [0.29, 0.717) is 13.0 Å². The highest BCUT2D eigenvalue weighted by Crippen LogP contribution is 2.26. The summed E-state index contributed by atoms with van der Waals surface area (Å²) in [6, 6.07) is 0. The van der Waals surface area contributed by atoms with Crippen molar-refractivity contribution in [2.45, 2.75) is 38.5 Å². The summed E-state index contributed by atoms with van der Waals surface area (Å²) in [4.78, 5) is 13.5. The Morgan fingerprint density at radius 2 is 2.14 bits per heavy atom. The van der Waals surface area contributed by atoms with Crippen molar-refractivity contribution in [2.75, 3.05) is 20.1 Å². The maximum atomic E-state index is 11.6. The lowest BCUT2D eigenvalue weighted by atomic mass is 9.85. The van der Waals surface area contributed by atoms with Crippen LogP contribution in [0.2, 0.25) is 0 Å². The SMILES string of the molecule is CN(CC1CCC1)C(=O)CCCCN. The van der Waals surface area contributed by atoms with Crippen molar-refractivity contribution in [3.05, 3.63) is 0 Å². The molecule has 3 nitrogen and oxygen atoms in total. The topological polar surface area (TPSA) is 46.3 Å². The highest BCUT2D eigenvalue weighted by molar-refractivity contribution is 5.75. The largest absolute Gasteiger partial charge is 0.345 e. The molecule has 1 saturated carbocycles. The quantitative estimate of drug-likeness (QED) is 0.655. The molecule has 0 aromatic heterocycles. The van der Waals surface area contributed by atoms with Crippen molar-refractivity contribution in [1.29, 1.82) is 0 Å². The molecule has 0 aliphatic heterocycles. The van der Waals surface area contributed by atoms with E-state index in [-0.39, 0.29) is 5.91 Å². The second kappa shape index (κ2) is 6.02. The fraction of sp³-hybridized carbons (Fsp3) is 0.909. The van der Waals surface area contributed by atoms with E-state index in [1.807, 2.05) is 11.9 Å². The Balaban J connectivity index is 2.08. The van der Waals surface area contributed by atoms with Crippen LogP contribution in [0, 0.1) is 5.92 Å². The number of hydrogen-bond donors (Lipinski definition) is 1. The average Bonchev–Trinajstić information content (AvgIpc) is 2.11. The van der Waals surface area contributed by atoms with Gasteiger partial charge in [0.2, 0.25) is 5.91 Å². The highest BCUT2D eigenvalue weighted by Gasteiger charge is 2.20. The van der Waals surface area contributed by atoms with Crippen molar-refractivity contribution < 1.29 is 4.79 Å². The van der Waals surface area contributed by atoms with Gasteiger partial charge in [-0.2, -0.15) is 0 Å². The molecule has 0 radical (unpaired) electrons. The zero-order valence-corrected chi connectivity index (χ0v) is 9.17. The van der Waals surface area contributed by atoms with Crippen molar-refractivity contribution in [2.24, 2.45) is 11.7 Å². The normalized spacial score (nSPS) is 16.4. The van der Waals surface area contributed by atoms with Gasteiger partial charge in [-0.15, -0.1) is 0 Å². The third-order valence-electron chi connectivity index (χ3n) is 3.03. The molecular weight excluding hydrogens is 176 g/mol. The van der Waals surface area contributed by atoms with Gasteiger partial charge in [0.15, 0.2) is 0 Å². The summed E-state index contributed by atoms with van der Waals surface area (Å²) >= 11 is 0. The van der Waals surface area contributed by atoms with E-state index in [0.717, 1.165) is 25.3 Å². The molecule has 0 unspecified atom stereocenters. The van der Waals surface area contributed by atoms with Crippen LogP contribution in [-0.4, -0.2) is 30.9 Å². The van der Waals surface area contributed by atoms with Gasteiger partial charge in [0.1, 0.15) is 0 Å². The summed E-state index contributed by atoms with van der Waals surface area (Å²) in [7, 11) is 1.92. The minimum absolute atomic E-state index is 0.283. The number of carbonyl (C=O) groups is 1. The minimum atomic E-state index is 0.283. The fourth-order valence-electron chi connectivity index (χ4n) is 1.78. The first-order chi connectivity index (χ1) is 6.74. The van der Waals surface area contributed by atoms with Gasteiger partial charge in [0, 0.05) is 20.0 Å². The summed E-state index contributed by atoms with van der Waals surface area (Å²) in [6.45, 7) is 1.65. The zero-order chi connectivity index (χ0) is 10.4. The molecule has 1 amide bonds. The first-order valence-electron chi connectivity index (χ1n) is 5.68. The molecule has 0 heterocycles. The molecule has 2 N–H and O–H groups in total. The summed E-state index contributed by atoms with van der Waals surface area (Å²) in [5.74, 6) is 1.06. The van der Waals surface area contributed by atoms with Crippen LogP contribution in [0.1, 0.15) is 38.5 Å². The molecular formula is C11H22N2O. The molecule has 1 rings (SSSR count). The summed E-state index contributed by atoms with van der Waals surface area (Å²) in [6.07, 6.45) is 6.52. The van der Waals surface area contributed by atoms with Crippen molar-refractivity contribution in [3.8, 4) is 0 Å². The predicted molar refractivity (Wildman–Crippen MR) is 57.9 cm³/mol. The number of rotatable bonds is 6. The Labute approximate surface area is 86.6 Å². The number of amides is 1. The molecule has 0 spiro atoms. The molecule has 0 aromatic rings. The van der Waals surface area contributed by atoms with Crippen LogP contribution in [0.5, 0.6) is 0 Å². The van der Waals surface area contributed by atoms with E-state index in [9.17, 15) is 4.79 Å². The number of carbonyl (C=O) groups excluding carboxylic acids is 1. The molecule has 14 heavy (non-hydrogen) atoms. The van der Waals surface area contributed by atoms with Gasteiger partial charge in [0.25, 0.3) is 0 Å². The molecule has 1 aliphatic carbocycles. The van der Waals surface area contributed by atoms with E-state index >= 15 is 0 Å². The molecule has 82 valence electrons. The van der Waals surface area contributed by atoms with Crippen molar-refractivity contribution in [3.63, 3.8) is 0 Å². The minimum Gasteiger partial charge on any atom is -0.345 e. The van der Waals surface area contributed by atoms with E-state index in [2.05, 4.69) is 0 Å². The number of unbranched alkanes of at least 4 members (excludes halogenated alkanes) is 1. The van der Waals surface area contributed by atoms with Crippen LogP contribution in [-0.2, 0) is 4.79 Å². The van der Waals surface area contributed by atoms with Gasteiger partial charge in [-0.25, -0.2) is 0 Å². The Kier molecular flexibility index (Phi) is 4.94. The van der Waals surface area contributed by atoms with Crippen LogP contribution in [0.3, 0.4) is 0 Å². The molecule has 0 saturated heterocycles. The van der Waals surface area contributed by atoms with Crippen molar-refractivity contribution in [1.82, 2.24) is 4.90 Å². The van der Waals surface area contributed by atoms with Gasteiger partial charge >= 0.3 is 0 Å². The van der Waals surface area contributed by atoms with Gasteiger partial charge in [-0.05, 0) is 38.1 Å². The number of nitrogens with two attached hydrogens (primary N) is 1. The van der Waals surface area contributed by atoms with Crippen LogP contribution >= 0.6 is 0 Å².